The van der Waals surface area contributed by atoms with Crippen LogP contribution < -0.4 is 15.5 Å². The fourth-order valence-corrected chi connectivity index (χ4v) is 4.27. The van der Waals surface area contributed by atoms with Crippen molar-refractivity contribution in [3.8, 4) is 0 Å². The molecule has 31 heavy (non-hydrogen) atoms. The zero-order chi connectivity index (χ0) is 24.5. The van der Waals surface area contributed by atoms with Gasteiger partial charge in [0.25, 0.3) is 5.91 Å². The summed E-state index contributed by atoms with van der Waals surface area (Å²) in [6.45, 7) is 5.28. The van der Waals surface area contributed by atoms with Gasteiger partial charge in [0.1, 0.15) is 5.69 Å². The molecule has 164 valence electrons. The predicted molar refractivity (Wildman–Crippen MR) is 120 cm³/mol. The van der Waals surface area contributed by atoms with Crippen molar-refractivity contribution in [2.45, 2.75) is 33.2 Å². The molecule has 1 atom stereocenters. The summed E-state index contributed by atoms with van der Waals surface area (Å²) in [4.78, 5) is 37.8. The molecule has 0 spiro atoms. The number of aryl methyl sites for hydroxylation is 1. The van der Waals surface area contributed by atoms with Crippen molar-refractivity contribution >= 4 is 23.2 Å². The van der Waals surface area contributed by atoms with E-state index >= 15 is 0 Å². The maximum absolute atomic E-state index is 12.2. The molecule has 2 aromatic rings. The molecule has 1 unspecified atom stereocenters. The summed E-state index contributed by atoms with van der Waals surface area (Å²) in [5.74, 6) is -0.596. The van der Waals surface area contributed by atoms with E-state index in [0.29, 0.717) is 12.2 Å². The van der Waals surface area contributed by atoms with E-state index in [2.05, 4.69) is 25.1 Å². The van der Waals surface area contributed by atoms with Crippen molar-refractivity contribution in [3.63, 3.8) is 0 Å². The first-order valence-corrected chi connectivity index (χ1v) is 10.7. The molecule has 0 saturated carbocycles. The Hall–Kier alpha value is -3.00. The average Bonchev–Trinajstić information content (AvgIpc) is 2.78. The van der Waals surface area contributed by atoms with Gasteiger partial charge in [-0.2, -0.15) is 0 Å². The summed E-state index contributed by atoms with van der Waals surface area (Å²) in [7, 11) is 0. The number of anilines is 2. The molecule has 4 heterocycles. The van der Waals surface area contributed by atoms with E-state index in [1.54, 1.807) is 6.07 Å². The molecule has 8 heteroatoms. The van der Waals surface area contributed by atoms with Crippen LogP contribution in [0.4, 0.5) is 11.4 Å². The monoisotopic (exact) mass is 425 g/mol. The van der Waals surface area contributed by atoms with Crippen LogP contribution in [-0.2, 0) is 17.8 Å². The molecule has 2 N–H and O–H groups in total. The summed E-state index contributed by atoms with van der Waals surface area (Å²) in [5.41, 5.74) is 4.62. The van der Waals surface area contributed by atoms with Crippen molar-refractivity contribution < 1.29 is 13.7 Å². The number of carbonyl (C=O) groups excluding carboxylic acids is 2. The molecular formula is C23H30N6O2. The lowest BCUT2D eigenvalue weighted by atomic mass is 9.92. The number of nitrogens with one attached hydrogen (secondary N) is 2. The number of hydrogen-bond acceptors (Lipinski definition) is 6. The van der Waals surface area contributed by atoms with Crippen molar-refractivity contribution in [1.82, 2.24) is 20.2 Å². The summed E-state index contributed by atoms with van der Waals surface area (Å²) in [6.07, 6.45) is 3.46. The first kappa shape index (κ1) is 17.7. The van der Waals surface area contributed by atoms with Gasteiger partial charge in [-0.05, 0) is 43.5 Å². The number of piperazine rings is 1. The van der Waals surface area contributed by atoms with Gasteiger partial charge in [-0.25, -0.2) is 4.98 Å². The topological polar surface area (TPSA) is 90.5 Å². The number of rotatable bonds is 5. The van der Waals surface area contributed by atoms with E-state index < -0.39 is 12.9 Å². The molecule has 0 radical (unpaired) electrons. The molecule has 8 nitrogen and oxygen atoms in total. The molecule has 2 aliphatic rings. The van der Waals surface area contributed by atoms with Gasteiger partial charge in [0, 0.05) is 61.6 Å². The van der Waals surface area contributed by atoms with Crippen LogP contribution in [0.25, 0.3) is 0 Å². The normalized spacial score (nSPS) is 20.8. The standard InChI is InChI=1S/C23H30N6O2/c1-4-16-11-17-13-25-18(12-20(17)27-22(16)30)14-28-7-9-29(10-8-28)21-6-5-19(23(31)24-3)26-15(21)2/h5-6,12-13,16H,4,7-11,14H2,1-3H3,(H,24,31)(H,27,30)/i3D3. The minimum Gasteiger partial charge on any atom is -0.368 e. The number of hydrogen-bond donors (Lipinski definition) is 2. The van der Waals surface area contributed by atoms with Crippen LogP contribution in [-0.4, -0.2) is 59.8 Å². The first-order chi connectivity index (χ1) is 16.1. The summed E-state index contributed by atoms with van der Waals surface area (Å²) < 4.78 is 21.5. The van der Waals surface area contributed by atoms with Gasteiger partial charge in [-0.3, -0.25) is 19.5 Å². The Morgan fingerprint density at radius 1 is 1.32 bits per heavy atom. The van der Waals surface area contributed by atoms with Gasteiger partial charge in [0.15, 0.2) is 0 Å². The van der Waals surface area contributed by atoms with E-state index in [0.717, 1.165) is 61.7 Å². The Balaban J connectivity index is 1.35. The molecular weight excluding hydrogens is 392 g/mol. The zero-order valence-electron chi connectivity index (χ0n) is 20.9. The molecule has 1 fully saturated rings. The van der Waals surface area contributed by atoms with Crippen LogP contribution in [0.2, 0.25) is 0 Å². The third-order valence-electron chi connectivity index (χ3n) is 6.13. The van der Waals surface area contributed by atoms with Crippen LogP contribution in [0.1, 0.15) is 44.9 Å². The summed E-state index contributed by atoms with van der Waals surface area (Å²) in [6, 6.07) is 5.37. The average molecular weight is 426 g/mol. The number of pyridine rings is 2. The third-order valence-corrected chi connectivity index (χ3v) is 6.13. The maximum Gasteiger partial charge on any atom is 0.269 e. The highest BCUT2D eigenvalue weighted by Gasteiger charge is 2.26. The lowest BCUT2D eigenvalue weighted by molar-refractivity contribution is -0.120. The van der Waals surface area contributed by atoms with E-state index in [-0.39, 0.29) is 17.5 Å². The lowest BCUT2D eigenvalue weighted by Gasteiger charge is -2.36. The summed E-state index contributed by atoms with van der Waals surface area (Å²) >= 11 is 0. The molecule has 0 aliphatic carbocycles. The Kier molecular flexibility index (Phi) is 5.13. The summed E-state index contributed by atoms with van der Waals surface area (Å²) in [5, 5.41) is 4.99. The second-order valence-electron chi connectivity index (χ2n) is 8.15. The molecule has 0 aromatic carbocycles. The van der Waals surface area contributed by atoms with Crippen LogP contribution in [0, 0.1) is 12.8 Å². The van der Waals surface area contributed by atoms with Gasteiger partial charge in [-0.1, -0.05) is 6.92 Å². The van der Waals surface area contributed by atoms with Crippen molar-refractivity contribution in [2.75, 3.05) is 43.4 Å². The Bertz CT molecular complexity index is 1080. The number of nitrogens with zero attached hydrogens (tertiary/aromatic N) is 4. The molecule has 1 saturated heterocycles. The van der Waals surface area contributed by atoms with E-state index in [1.807, 2.05) is 37.5 Å². The Morgan fingerprint density at radius 2 is 2.13 bits per heavy atom. The smallest absolute Gasteiger partial charge is 0.269 e. The van der Waals surface area contributed by atoms with Gasteiger partial charge in [-0.15, -0.1) is 0 Å². The van der Waals surface area contributed by atoms with Gasteiger partial charge < -0.3 is 15.5 Å². The maximum atomic E-state index is 12.2. The van der Waals surface area contributed by atoms with Crippen molar-refractivity contribution in [2.24, 2.45) is 5.92 Å². The Labute approximate surface area is 187 Å². The fraction of sp³-hybridized carbons (Fsp3) is 0.478. The van der Waals surface area contributed by atoms with Crippen LogP contribution in [0.15, 0.2) is 24.4 Å². The van der Waals surface area contributed by atoms with E-state index in [4.69, 9.17) is 4.11 Å². The number of aromatic nitrogens is 2. The van der Waals surface area contributed by atoms with Gasteiger partial charge in [0.05, 0.1) is 17.1 Å². The van der Waals surface area contributed by atoms with Gasteiger partial charge >= 0.3 is 0 Å². The van der Waals surface area contributed by atoms with E-state index in [1.165, 1.54) is 0 Å². The highest BCUT2D eigenvalue weighted by atomic mass is 16.2. The molecule has 4 rings (SSSR count). The van der Waals surface area contributed by atoms with Gasteiger partial charge in [0.2, 0.25) is 5.91 Å². The Morgan fingerprint density at radius 3 is 2.84 bits per heavy atom. The fourth-order valence-electron chi connectivity index (χ4n) is 4.27. The largest absolute Gasteiger partial charge is 0.368 e. The van der Waals surface area contributed by atoms with Crippen molar-refractivity contribution in [3.05, 3.63) is 47.0 Å². The first-order valence-electron chi connectivity index (χ1n) is 12.2. The molecule has 2 amide bonds. The van der Waals surface area contributed by atoms with Crippen LogP contribution in [0.3, 0.4) is 0 Å². The molecule has 2 aromatic heterocycles. The number of carbonyl (C=O) groups is 2. The predicted octanol–water partition coefficient (Wildman–Crippen LogP) is 1.99. The van der Waals surface area contributed by atoms with E-state index in [9.17, 15) is 9.59 Å². The van der Waals surface area contributed by atoms with Crippen molar-refractivity contribution in [1.29, 1.82) is 0 Å². The molecule has 2 aliphatic heterocycles. The zero-order valence-corrected chi connectivity index (χ0v) is 17.9. The second-order valence-corrected chi connectivity index (χ2v) is 8.15. The third kappa shape index (κ3) is 4.54. The minimum absolute atomic E-state index is 0.0242. The highest BCUT2D eigenvalue weighted by Crippen LogP contribution is 2.27. The highest BCUT2D eigenvalue weighted by molar-refractivity contribution is 5.95. The van der Waals surface area contributed by atoms with Crippen LogP contribution in [0.5, 0.6) is 0 Å². The molecule has 0 bridgehead atoms. The number of amides is 2. The number of fused-ring (bicyclic) bond motifs is 1. The SMILES string of the molecule is [2H]C([2H])([2H])NC(=O)c1ccc(N2CCN(Cc3cc4c(cn3)CC(CC)C(=O)N4)CC2)c(C)n1. The lowest BCUT2D eigenvalue weighted by Crippen LogP contribution is -2.46. The quantitative estimate of drug-likeness (QED) is 0.761. The second kappa shape index (κ2) is 9.01. The van der Waals surface area contributed by atoms with Crippen LogP contribution >= 0.6 is 0 Å². The minimum atomic E-state index is -2.54.